The first-order valence-electron chi connectivity index (χ1n) is 9.64. The van der Waals surface area contributed by atoms with Gasteiger partial charge in [0.05, 0.1) is 13.2 Å². The Morgan fingerprint density at radius 2 is 1.86 bits per heavy atom. The summed E-state index contributed by atoms with van der Waals surface area (Å²) in [5, 5.41) is 16.3. The van der Waals surface area contributed by atoms with E-state index in [0.29, 0.717) is 50.6 Å². The molecule has 0 atom stereocenters. The Kier molecular flexibility index (Phi) is 5.77. The number of nitrogens with zero attached hydrogens (tertiary/aromatic N) is 5. The van der Waals surface area contributed by atoms with Crippen molar-refractivity contribution in [1.29, 1.82) is 0 Å². The lowest BCUT2D eigenvalue weighted by Gasteiger charge is -2.26. The van der Waals surface area contributed by atoms with Crippen LogP contribution in [0.2, 0.25) is 0 Å². The van der Waals surface area contributed by atoms with Crippen molar-refractivity contribution < 1.29 is 9.53 Å². The van der Waals surface area contributed by atoms with Crippen molar-refractivity contribution in [3.63, 3.8) is 0 Å². The maximum absolute atomic E-state index is 12.4. The van der Waals surface area contributed by atoms with E-state index in [9.17, 15) is 4.79 Å². The van der Waals surface area contributed by atoms with E-state index in [-0.39, 0.29) is 5.91 Å². The Hall–Kier alpha value is -3.00. The Balaban J connectivity index is 1.36. The average Bonchev–Trinajstić information content (AvgIpc) is 3.16. The van der Waals surface area contributed by atoms with Crippen LogP contribution in [0.1, 0.15) is 17.8 Å². The van der Waals surface area contributed by atoms with Gasteiger partial charge in [-0.25, -0.2) is 0 Å². The first-order chi connectivity index (χ1) is 13.8. The van der Waals surface area contributed by atoms with E-state index in [1.807, 2.05) is 35.2 Å². The fourth-order valence-electron chi connectivity index (χ4n) is 3.25. The van der Waals surface area contributed by atoms with Gasteiger partial charge < -0.3 is 15.0 Å². The summed E-state index contributed by atoms with van der Waals surface area (Å²) in [7, 11) is 0. The number of carbonyl (C=O) groups is 1. The van der Waals surface area contributed by atoms with Gasteiger partial charge in [0.2, 0.25) is 5.91 Å². The molecule has 146 valence electrons. The topological polar surface area (TPSA) is 84.7 Å². The Labute approximate surface area is 163 Å². The number of hydrogen-bond donors (Lipinski definition) is 1. The molecule has 1 N–H and O–H groups in total. The second kappa shape index (κ2) is 8.79. The number of rotatable bonds is 7. The van der Waals surface area contributed by atoms with E-state index in [2.05, 4.69) is 32.7 Å². The van der Waals surface area contributed by atoms with Crippen molar-refractivity contribution in [3.8, 4) is 0 Å². The highest BCUT2D eigenvalue weighted by molar-refractivity contribution is 5.76. The minimum Gasteiger partial charge on any atom is -0.378 e. The minimum absolute atomic E-state index is 0.122. The molecule has 1 amide bonds. The van der Waals surface area contributed by atoms with Gasteiger partial charge >= 0.3 is 0 Å². The molecule has 1 saturated heterocycles. The lowest BCUT2D eigenvalue weighted by Crippen LogP contribution is -2.40. The molecule has 8 heteroatoms. The number of hydrogen-bond acceptors (Lipinski definition) is 6. The van der Waals surface area contributed by atoms with Crippen LogP contribution in [0.15, 0.2) is 42.5 Å². The van der Waals surface area contributed by atoms with Gasteiger partial charge in [0.25, 0.3) is 0 Å². The molecule has 0 spiro atoms. The van der Waals surface area contributed by atoms with Gasteiger partial charge in [-0.05, 0) is 24.1 Å². The van der Waals surface area contributed by atoms with Gasteiger partial charge in [-0.1, -0.05) is 30.3 Å². The molecule has 1 aliphatic heterocycles. The Morgan fingerprint density at radius 1 is 1.04 bits per heavy atom. The van der Waals surface area contributed by atoms with Crippen molar-refractivity contribution in [2.24, 2.45) is 0 Å². The van der Waals surface area contributed by atoms with Crippen LogP contribution in [0.4, 0.5) is 5.82 Å². The molecule has 1 fully saturated rings. The third-order valence-corrected chi connectivity index (χ3v) is 4.82. The highest BCUT2D eigenvalue weighted by Gasteiger charge is 2.18. The summed E-state index contributed by atoms with van der Waals surface area (Å²) in [6.07, 6.45) is 1.83. The Bertz CT molecular complexity index is 921. The number of carbonyl (C=O) groups excluding carboxylic acids is 1. The van der Waals surface area contributed by atoms with Crippen LogP contribution < -0.4 is 5.32 Å². The normalized spacial score (nSPS) is 14.4. The molecule has 3 heterocycles. The second-order valence-corrected chi connectivity index (χ2v) is 6.76. The van der Waals surface area contributed by atoms with Gasteiger partial charge in [-0.2, -0.15) is 4.52 Å². The van der Waals surface area contributed by atoms with E-state index in [4.69, 9.17) is 4.74 Å². The molecular formula is C20H24N6O2. The largest absolute Gasteiger partial charge is 0.378 e. The predicted molar refractivity (Wildman–Crippen MR) is 105 cm³/mol. The van der Waals surface area contributed by atoms with Gasteiger partial charge in [0.15, 0.2) is 11.5 Å². The lowest BCUT2D eigenvalue weighted by atomic mass is 10.1. The third kappa shape index (κ3) is 4.45. The molecule has 1 aromatic carbocycles. The van der Waals surface area contributed by atoms with E-state index in [1.54, 1.807) is 4.52 Å². The highest BCUT2D eigenvalue weighted by Crippen LogP contribution is 2.10. The molecule has 0 saturated carbocycles. The quantitative estimate of drug-likeness (QED) is 0.670. The number of anilines is 1. The van der Waals surface area contributed by atoms with Crippen LogP contribution in [-0.4, -0.2) is 63.5 Å². The van der Waals surface area contributed by atoms with E-state index in [1.165, 1.54) is 5.56 Å². The molecule has 4 rings (SSSR count). The van der Waals surface area contributed by atoms with Gasteiger partial charge in [0.1, 0.15) is 5.82 Å². The average molecular weight is 380 g/mol. The first-order valence-corrected chi connectivity index (χ1v) is 9.64. The molecule has 1 aliphatic rings. The van der Waals surface area contributed by atoms with E-state index >= 15 is 0 Å². The monoisotopic (exact) mass is 380 g/mol. The number of aryl methyl sites for hydroxylation is 1. The summed E-state index contributed by atoms with van der Waals surface area (Å²) < 4.78 is 7.01. The minimum atomic E-state index is 0.122. The van der Waals surface area contributed by atoms with Crippen LogP contribution in [0.25, 0.3) is 5.65 Å². The smallest absolute Gasteiger partial charge is 0.223 e. The number of benzene rings is 1. The summed E-state index contributed by atoms with van der Waals surface area (Å²) in [6.45, 7) is 3.33. The van der Waals surface area contributed by atoms with Crippen LogP contribution in [0.3, 0.4) is 0 Å². The van der Waals surface area contributed by atoms with Gasteiger partial charge in [0, 0.05) is 32.5 Å². The summed E-state index contributed by atoms with van der Waals surface area (Å²) in [5.41, 5.74) is 1.96. The van der Waals surface area contributed by atoms with Crippen LogP contribution >= 0.6 is 0 Å². The van der Waals surface area contributed by atoms with Crippen molar-refractivity contribution >= 4 is 17.4 Å². The van der Waals surface area contributed by atoms with Crippen LogP contribution in [0, 0.1) is 0 Å². The van der Waals surface area contributed by atoms with Crippen molar-refractivity contribution in [3.05, 3.63) is 53.9 Å². The number of aromatic nitrogens is 4. The zero-order valence-electron chi connectivity index (χ0n) is 15.8. The van der Waals surface area contributed by atoms with Gasteiger partial charge in [-0.15, -0.1) is 15.3 Å². The Morgan fingerprint density at radius 3 is 2.68 bits per heavy atom. The zero-order valence-corrected chi connectivity index (χ0v) is 15.8. The molecule has 0 unspecified atom stereocenters. The fraction of sp³-hybridized carbons (Fsp3) is 0.400. The van der Waals surface area contributed by atoms with E-state index < -0.39 is 0 Å². The summed E-state index contributed by atoms with van der Waals surface area (Å²) in [4.78, 5) is 14.2. The van der Waals surface area contributed by atoms with Crippen LogP contribution in [0.5, 0.6) is 0 Å². The number of amides is 1. The molecule has 0 aliphatic carbocycles. The van der Waals surface area contributed by atoms with Crippen LogP contribution in [-0.2, 0) is 22.4 Å². The fourth-order valence-corrected chi connectivity index (χ4v) is 3.25. The maximum Gasteiger partial charge on any atom is 0.223 e. The highest BCUT2D eigenvalue weighted by atomic mass is 16.5. The second-order valence-electron chi connectivity index (χ2n) is 6.76. The zero-order chi connectivity index (χ0) is 19.2. The number of nitrogens with one attached hydrogen (secondary N) is 1. The third-order valence-electron chi connectivity index (χ3n) is 4.82. The van der Waals surface area contributed by atoms with Crippen molar-refractivity contribution in [2.45, 2.75) is 19.3 Å². The summed E-state index contributed by atoms with van der Waals surface area (Å²) in [5.74, 6) is 1.59. The molecule has 0 radical (unpaired) electrons. The summed E-state index contributed by atoms with van der Waals surface area (Å²) in [6, 6.07) is 14.1. The number of fused-ring (bicyclic) bond motifs is 1. The van der Waals surface area contributed by atoms with Gasteiger partial charge in [-0.3, -0.25) is 4.79 Å². The van der Waals surface area contributed by atoms with E-state index in [0.717, 1.165) is 18.8 Å². The standard InChI is InChI=1S/C20H24N6O2/c27-20(25-12-14-28-15-13-25)9-8-19-23-22-18-7-6-17(24-26(18)19)21-11-10-16-4-2-1-3-5-16/h1-7H,8-15H2,(H,21,24). The molecule has 2 aromatic heterocycles. The molecule has 3 aromatic rings. The lowest BCUT2D eigenvalue weighted by molar-refractivity contribution is -0.135. The summed E-state index contributed by atoms with van der Waals surface area (Å²) >= 11 is 0. The molecule has 28 heavy (non-hydrogen) atoms. The van der Waals surface area contributed by atoms with Crippen molar-refractivity contribution in [1.82, 2.24) is 24.7 Å². The van der Waals surface area contributed by atoms with Crippen molar-refractivity contribution in [2.75, 3.05) is 38.2 Å². The molecule has 8 nitrogen and oxygen atoms in total. The first kappa shape index (κ1) is 18.4. The maximum atomic E-state index is 12.4. The molecule has 0 bridgehead atoms. The SMILES string of the molecule is O=C(CCc1nnc2ccc(NCCc3ccccc3)nn12)N1CCOCC1. The molecular weight excluding hydrogens is 356 g/mol. The number of morpholine rings is 1. The number of ether oxygens (including phenoxy) is 1. The predicted octanol–water partition coefficient (Wildman–Crippen LogP) is 1.57.